The number of likely N-dealkylation sites (tertiary alicyclic amines) is 1. The van der Waals surface area contributed by atoms with Crippen molar-refractivity contribution in [3.05, 3.63) is 0 Å². The molecule has 1 rings (SSSR count). The number of terminal acetylenes is 1. The third kappa shape index (κ3) is 4.92. The molecule has 1 saturated heterocycles. The van der Waals surface area contributed by atoms with E-state index in [1.807, 2.05) is 11.8 Å². The number of piperidine rings is 1. The van der Waals surface area contributed by atoms with Crippen LogP contribution >= 0.6 is 11.8 Å². The van der Waals surface area contributed by atoms with Crippen molar-refractivity contribution in [1.29, 1.82) is 0 Å². The Morgan fingerprint density at radius 2 is 2.40 bits per heavy atom. The molecular formula is C12H22N2S. The van der Waals surface area contributed by atoms with E-state index in [1.165, 1.54) is 19.5 Å². The van der Waals surface area contributed by atoms with Gasteiger partial charge in [0, 0.05) is 24.9 Å². The van der Waals surface area contributed by atoms with Crippen LogP contribution in [0.15, 0.2) is 0 Å². The number of hydrogen-bond acceptors (Lipinski definition) is 3. The Balaban J connectivity index is 2.08. The Hall–Kier alpha value is -0.170. The summed E-state index contributed by atoms with van der Waals surface area (Å²) >= 11 is 1.83. The first-order valence-electron chi connectivity index (χ1n) is 5.67. The van der Waals surface area contributed by atoms with Crippen LogP contribution in [-0.2, 0) is 0 Å². The predicted molar refractivity (Wildman–Crippen MR) is 69.2 cm³/mol. The number of nitrogens with one attached hydrogen (secondary N) is 1. The van der Waals surface area contributed by atoms with Crippen molar-refractivity contribution in [3.8, 4) is 12.3 Å². The molecule has 0 aliphatic carbocycles. The van der Waals surface area contributed by atoms with E-state index >= 15 is 0 Å². The van der Waals surface area contributed by atoms with E-state index in [-0.39, 0.29) is 0 Å². The molecule has 0 saturated carbocycles. The second kappa shape index (κ2) is 7.16. The summed E-state index contributed by atoms with van der Waals surface area (Å²) in [6, 6.07) is 0.702. The molecule has 0 spiro atoms. The molecule has 1 aliphatic heterocycles. The van der Waals surface area contributed by atoms with Gasteiger partial charge < -0.3 is 10.2 Å². The number of hydrogen-bond donors (Lipinski definition) is 1. The highest BCUT2D eigenvalue weighted by Crippen LogP contribution is 2.15. The van der Waals surface area contributed by atoms with E-state index in [2.05, 4.69) is 30.1 Å². The van der Waals surface area contributed by atoms with E-state index in [4.69, 9.17) is 6.42 Å². The van der Waals surface area contributed by atoms with Crippen molar-refractivity contribution in [1.82, 2.24) is 10.2 Å². The quantitative estimate of drug-likeness (QED) is 0.562. The molecule has 1 fully saturated rings. The first-order valence-corrected chi connectivity index (χ1v) is 6.82. The van der Waals surface area contributed by atoms with Gasteiger partial charge >= 0.3 is 0 Å². The van der Waals surface area contributed by atoms with Gasteiger partial charge in [0.15, 0.2) is 0 Å². The van der Waals surface area contributed by atoms with Gasteiger partial charge in [-0.3, -0.25) is 0 Å². The van der Waals surface area contributed by atoms with Crippen molar-refractivity contribution < 1.29 is 0 Å². The maximum atomic E-state index is 5.19. The lowest BCUT2D eigenvalue weighted by Crippen LogP contribution is -2.47. The van der Waals surface area contributed by atoms with E-state index in [9.17, 15) is 0 Å². The normalized spacial score (nSPS) is 27.5. The fraction of sp³-hybridized carbons (Fsp3) is 0.833. The van der Waals surface area contributed by atoms with Crippen LogP contribution in [0.4, 0.5) is 0 Å². The van der Waals surface area contributed by atoms with Crippen molar-refractivity contribution in [2.45, 2.75) is 19.4 Å². The highest BCUT2D eigenvalue weighted by molar-refractivity contribution is 7.99. The van der Waals surface area contributed by atoms with Crippen molar-refractivity contribution in [3.63, 3.8) is 0 Å². The molecule has 1 heterocycles. The monoisotopic (exact) mass is 226 g/mol. The van der Waals surface area contributed by atoms with Gasteiger partial charge in [0.2, 0.25) is 0 Å². The summed E-state index contributed by atoms with van der Waals surface area (Å²) in [5.74, 6) is 5.38. The molecule has 1 aliphatic rings. The third-order valence-electron chi connectivity index (χ3n) is 2.95. The molecule has 1 N–H and O–H groups in total. The van der Waals surface area contributed by atoms with E-state index < -0.39 is 0 Å². The van der Waals surface area contributed by atoms with Gasteiger partial charge in [-0.25, -0.2) is 0 Å². The molecule has 3 heteroatoms. The van der Waals surface area contributed by atoms with Crippen LogP contribution in [0.2, 0.25) is 0 Å². The SMILES string of the molecule is C#CCSCCNC1CCN(C)CC1C. The summed E-state index contributed by atoms with van der Waals surface area (Å²) in [5, 5.41) is 3.63. The standard InChI is InChI=1S/C12H22N2S/c1-4-8-15-9-6-13-12-5-7-14(3)10-11(12)2/h1,11-13H,5-10H2,2-3H3. The number of rotatable bonds is 5. The molecule has 2 nitrogen and oxygen atoms in total. The van der Waals surface area contributed by atoms with Gasteiger partial charge in [-0.1, -0.05) is 12.8 Å². The highest BCUT2D eigenvalue weighted by Gasteiger charge is 2.22. The molecule has 15 heavy (non-hydrogen) atoms. The zero-order chi connectivity index (χ0) is 11.1. The van der Waals surface area contributed by atoms with Gasteiger partial charge in [-0.15, -0.1) is 18.2 Å². The summed E-state index contributed by atoms with van der Waals surface area (Å²) in [6.07, 6.45) is 6.47. The minimum absolute atomic E-state index is 0.702. The average molecular weight is 226 g/mol. The Kier molecular flexibility index (Phi) is 6.16. The topological polar surface area (TPSA) is 15.3 Å². The molecule has 0 aromatic rings. The fourth-order valence-electron chi connectivity index (χ4n) is 2.10. The van der Waals surface area contributed by atoms with Crippen molar-refractivity contribution in [2.24, 2.45) is 5.92 Å². The minimum atomic E-state index is 0.702. The van der Waals surface area contributed by atoms with Crippen LogP contribution in [0.25, 0.3) is 0 Å². The lowest BCUT2D eigenvalue weighted by atomic mass is 9.94. The fourth-order valence-corrected chi connectivity index (χ4v) is 2.63. The molecule has 2 atom stereocenters. The molecule has 0 aromatic carbocycles. The summed E-state index contributed by atoms with van der Waals surface area (Å²) < 4.78 is 0. The molecule has 2 unspecified atom stereocenters. The average Bonchev–Trinajstić information content (AvgIpc) is 2.20. The van der Waals surface area contributed by atoms with Gasteiger partial charge in [0.05, 0.1) is 5.75 Å². The lowest BCUT2D eigenvalue weighted by molar-refractivity contribution is 0.177. The van der Waals surface area contributed by atoms with Gasteiger partial charge in [0.25, 0.3) is 0 Å². The first kappa shape index (κ1) is 12.9. The summed E-state index contributed by atoms with van der Waals surface area (Å²) in [6.45, 7) is 5.86. The van der Waals surface area contributed by atoms with Crippen LogP contribution < -0.4 is 5.32 Å². The largest absolute Gasteiger partial charge is 0.313 e. The van der Waals surface area contributed by atoms with Gasteiger partial charge in [-0.05, 0) is 25.9 Å². The van der Waals surface area contributed by atoms with Gasteiger partial charge in [0.1, 0.15) is 0 Å². The molecular weight excluding hydrogens is 204 g/mol. The lowest BCUT2D eigenvalue weighted by Gasteiger charge is -2.35. The zero-order valence-electron chi connectivity index (χ0n) is 9.83. The van der Waals surface area contributed by atoms with Crippen LogP contribution in [0.1, 0.15) is 13.3 Å². The molecule has 0 aromatic heterocycles. The van der Waals surface area contributed by atoms with Crippen LogP contribution in [-0.4, -0.2) is 49.1 Å². The molecule has 86 valence electrons. The summed E-state index contributed by atoms with van der Waals surface area (Å²) in [7, 11) is 2.20. The first-order chi connectivity index (χ1) is 7.24. The van der Waals surface area contributed by atoms with E-state index in [0.717, 1.165) is 24.0 Å². The van der Waals surface area contributed by atoms with Crippen LogP contribution in [0.3, 0.4) is 0 Å². The third-order valence-corrected chi connectivity index (χ3v) is 3.81. The Morgan fingerprint density at radius 1 is 1.60 bits per heavy atom. The van der Waals surface area contributed by atoms with E-state index in [0.29, 0.717) is 6.04 Å². The highest BCUT2D eigenvalue weighted by atomic mass is 32.2. The Labute approximate surface area is 98.2 Å². The number of thioether (sulfide) groups is 1. The van der Waals surface area contributed by atoms with Crippen LogP contribution in [0.5, 0.6) is 0 Å². The van der Waals surface area contributed by atoms with Crippen LogP contribution in [0, 0.1) is 18.3 Å². The second-order valence-corrected chi connectivity index (χ2v) is 5.45. The zero-order valence-corrected chi connectivity index (χ0v) is 10.6. The minimum Gasteiger partial charge on any atom is -0.313 e. The smallest absolute Gasteiger partial charge is 0.0545 e. The molecule has 0 bridgehead atoms. The number of nitrogens with zero attached hydrogens (tertiary/aromatic N) is 1. The molecule has 0 radical (unpaired) electrons. The Bertz CT molecular complexity index is 212. The molecule has 0 amide bonds. The summed E-state index contributed by atoms with van der Waals surface area (Å²) in [4.78, 5) is 2.41. The summed E-state index contributed by atoms with van der Waals surface area (Å²) in [5.41, 5.74) is 0. The second-order valence-electron chi connectivity index (χ2n) is 4.35. The maximum Gasteiger partial charge on any atom is 0.0545 e. The van der Waals surface area contributed by atoms with Crippen molar-refractivity contribution >= 4 is 11.8 Å². The van der Waals surface area contributed by atoms with E-state index in [1.54, 1.807) is 0 Å². The van der Waals surface area contributed by atoms with Gasteiger partial charge in [-0.2, -0.15) is 0 Å². The van der Waals surface area contributed by atoms with Crippen molar-refractivity contribution in [2.75, 3.05) is 38.2 Å². The maximum absolute atomic E-state index is 5.19. The predicted octanol–water partition coefficient (Wildman–Crippen LogP) is 1.28. The Morgan fingerprint density at radius 3 is 3.07 bits per heavy atom.